The molecule has 0 amide bonds. The Morgan fingerprint density at radius 3 is 1.51 bits per heavy atom. The summed E-state index contributed by atoms with van der Waals surface area (Å²) in [5.41, 5.74) is 14.6. The molecule has 0 radical (unpaired) electrons. The second kappa shape index (κ2) is 14.6. The van der Waals surface area contributed by atoms with Crippen LogP contribution in [0, 0.1) is 0 Å². The van der Waals surface area contributed by atoms with Gasteiger partial charge in [-0.2, -0.15) is 0 Å². The van der Waals surface area contributed by atoms with Crippen molar-refractivity contribution in [1.29, 1.82) is 0 Å². The van der Waals surface area contributed by atoms with Gasteiger partial charge in [0.2, 0.25) is 0 Å². The normalized spacial score (nSPS) is 17.0. The monoisotopic (exact) mass is 909 g/mol. The number of anilines is 3. The zero-order valence-electron chi connectivity index (χ0n) is 48.4. The lowest BCUT2D eigenvalue weighted by Gasteiger charge is -2.34. The van der Waals surface area contributed by atoms with Crippen molar-refractivity contribution in [3.05, 3.63) is 269 Å². The molecule has 328 valence electrons. The van der Waals surface area contributed by atoms with Crippen molar-refractivity contribution < 1.29 is 13.7 Å². The highest BCUT2D eigenvalue weighted by Crippen LogP contribution is 2.58. The molecule has 0 aliphatic heterocycles. The molecule has 3 aliphatic carbocycles. The minimum Gasteiger partial charge on any atom is -0.310 e. The van der Waals surface area contributed by atoms with E-state index >= 15 is 0 Å². The van der Waals surface area contributed by atoms with Crippen LogP contribution in [0.4, 0.5) is 17.1 Å². The summed E-state index contributed by atoms with van der Waals surface area (Å²) in [6, 6.07) is 51.8. The van der Waals surface area contributed by atoms with E-state index in [0.29, 0.717) is 22.3 Å². The van der Waals surface area contributed by atoms with Gasteiger partial charge in [-0.15, -0.1) is 11.3 Å². The van der Waals surface area contributed by atoms with Crippen LogP contribution in [0.25, 0.3) is 64.7 Å². The second-order valence-electron chi connectivity index (χ2n) is 19.7. The van der Waals surface area contributed by atoms with E-state index in [0.717, 1.165) is 48.4 Å². The molecule has 11 aromatic rings. The topological polar surface area (TPSA) is 3.24 Å². The van der Waals surface area contributed by atoms with Crippen molar-refractivity contribution in [2.75, 3.05) is 4.90 Å². The van der Waals surface area contributed by atoms with E-state index in [9.17, 15) is 5.48 Å². The molecule has 69 heavy (non-hydrogen) atoms. The second-order valence-corrected chi connectivity index (χ2v) is 20.8. The number of benzene rings is 10. The van der Waals surface area contributed by atoms with Gasteiger partial charge in [0.05, 0.1) is 19.1 Å². The van der Waals surface area contributed by atoms with E-state index in [4.69, 9.17) is 8.22 Å². The maximum Gasteiger partial charge on any atom is 0.0713 e. The Bertz CT molecular complexity index is 4410. The van der Waals surface area contributed by atoms with E-state index in [-0.39, 0.29) is 22.0 Å². The maximum absolute atomic E-state index is 9.46. The average Bonchev–Trinajstić information content (AvgIpc) is 4.09. The van der Waals surface area contributed by atoms with Gasteiger partial charge < -0.3 is 4.90 Å². The molecule has 1 nitrogen and oxygen atoms in total. The van der Waals surface area contributed by atoms with E-state index in [1.807, 2.05) is 30.3 Å². The standard InChI is InChI=1S/C67H49NS/c1-65(2)58-25-15-12-23-51(58)56-39-46(31-36-59(56)65)68(47-29-34-52-49-21-11-14-24-57(49)66(3,4)61(52)40-47)48-30-35-55-54-33-28-43(38-63(54)69-64(55)41-48)42-27-32-53-50-22-13-16-26-60(50)67(62(53)37-42,44-17-7-5-8-18-44)45-19-9-6-10-20-45/h5-41H,1-4H3/i5D,6D,7D,8D,9D,10D,17D,18D,19D,20D. The fourth-order valence-corrected chi connectivity index (χ4v) is 13.4. The predicted molar refractivity (Wildman–Crippen MR) is 292 cm³/mol. The molecular weight excluding hydrogens is 851 g/mol. The van der Waals surface area contributed by atoms with Crippen molar-refractivity contribution in [3.8, 4) is 44.5 Å². The first-order chi connectivity index (χ1) is 37.8. The van der Waals surface area contributed by atoms with Gasteiger partial charge in [0.1, 0.15) is 0 Å². The molecule has 10 aromatic carbocycles. The van der Waals surface area contributed by atoms with Crippen LogP contribution in [0.2, 0.25) is 0 Å². The van der Waals surface area contributed by atoms with Crippen molar-refractivity contribution in [2.45, 2.75) is 43.9 Å². The number of rotatable bonds is 6. The highest BCUT2D eigenvalue weighted by Gasteiger charge is 2.46. The summed E-state index contributed by atoms with van der Waals surface area (Å²) < 4.78 is 92.7. The molecule has 0 spiro atoms. The van der Waals surface area contributed by atoms with Crippen molar-refractivity contribution in [1.82, 2.24) is 0 Å². The number of fused-ring (bicyclic) bond motifs is 12. The molecule has 0 unspecified atom stereocenters. The summed E-state index contributed by atoms with van der Waals surface area (Å²) in [6.45, 7) is 9.25. The minimum absolute atomic E-state index is 0.143. The van der Waals surface area contributed by atoms with Crippen LogP contribution < -0.4 is 4.90 Å². The summed E-state index contributed by atoms with van der Waals surface area (Å²) in [4.78, 5) is 2.39. The summed E-state index contributed by atoms with van der Waals surface area (Å²) in [6.07, 6.45) is 0. The van der Waals surface area contributed by atoms with Crippen molar-refractivity contribution >= 4 is 48.6 Å². The van der Waals surface area contributed by atoms with Crippen LogP contribution in [0.15, 0.2) is 224 Å². The molecule has 0 atom stereocenters. The molecule has 0 saturated carbocycles. The number of hydrogen-bond acceptors (Lipinski definition) is 2. The predicted octanol–water partition coefficient (Wildman–Crippen LogP) is 18.2. The molecular formula is C67H49NS. The van der Waals surface area contributed by atoms with E-state index < -0.39 is 65.8 Å². The van der Waals surface area contributed by atoms with Crippen LogP contribution in [0.1, 0.15) is 85.9 Å². The highest BCUT2D eigenvalue weighted by molar-refractivity contribution is 7.25. The third kappa shape index (κ3) is 5.64. The molecule has 2 heteroatoms. The Kier molecular flexibility index (Phi) is 6.63. The van der Waals surface area contributed by atoms with Crippen LogP contribution in [-0.2, 0) is 16.2 Å². The third-order valence-electron chi connectivity index (χ3n) is 15.5. The fourth-order valence-electron chi connectivity index (χ4n) is 12.2. The highest BCUT2D eigenvalue weighted by atomic mass is 32.1. The summed E-state index contributed by atoms with van der Waals surface area (Å²) in [5.74, 6) is 0. The molecule has 14 rings (SSSR count). The van der Waals surface area contributed by atoms with Crippen molar-refractivity contribution in [2.24, 2.45) is 0 Å². The third-order valence-corrected chi connectivity index (χ3v) is 16.6. The first-order valence-electron chi connectivity index (χ1n) is 28.5. The molecule has 0 saturated heterocycles. The summed E-state index contributed by atoms with van der Waals surface area (Å²) >= 11 is 1.70. The van der Waals surface area contributed by atoms with Crippen LogP contribution in [0.3, 0.4) is 0 Å². The smallest absolute Gasteiger partial charge is 0.0713 e. The lowest BCUT2D eigenvalue weighted by Crippen LogP contribution is -2.28. The van der Waals surface area contributed by atoms with Gasteiger partial charge in [-0.05, 0) is 138 Å². The van der Waals surface area contributed by atoms with Crippen LogP contribution in [0.5, 0.6) is 0 Å². The van der Waals surface area contributed by atoms with Crippen molar-refractivity contribution in [3.63, 3.8) is 0 Å². The van der Waals surface area contributed by atoms with Crippen LogP contribution >= 0.6 is 11.3 Å². The Morgan fingerprint density at radius 1 is 0.362 bits per heavy atom. The molecule has 0 N–H and O–H groups in total. The lowest BCUT2D eigenvalue weighted by molar-refractivity contribution is 0.660. The number of nitrogens with zero attached hydrogens (tertiary/aromatic N) is 1. The molecule has 3 aliphatic rings. The Balaban J connectivity index is 0.944. The van der Waals surface area contributed by atoms with Crippen LogP contribution in [-0.4, -0.2) is 0 Å². The molecule has 0 bridgehead atoms. The maximum atomic E-state index is 9.46. The van der Waals surface area contributed by atoms with Gasteiger partial charge in [-0.1, -0.05) is 203 Å². The van der Waals surface area contributed by atoms with Gasteiger partial charge in [0, 0.05) is 48.1 Å². The Labute approximate surface area is 422 Å². The fraction of sp³-hybridized carbons (Fsp3) is 0.104. The zero-order valence-corrected chi connectivity index (χ0v) is 39.3. The summed E-state index contributed by atoms with van der Waals surface area (Å²) in [5, 5.41) is 2.19. The number of hydrogen-bond donors (Lipinski definition) is 0. The Hall–Kier alpha value is -7.78. The zero-order chi connectivity index (χ0) is 54.9. The first-order valence-corrected chi connectivity index (χ1v) is 24.3. The molecule has 1 heterocycles. The largest absolute Gasteiger partial charge is 0.310 e. The van der Waals surface area contributed by atoms with Gasteiger partial charge in [0.15, 0.2) is 0 Å². The van der Waals surface area contributed by atoms with E-state index in [1.54, 1.807) is 23.5 Å². The van der Waals surface area contributed by atoms with Gasteiger partial charge in [-0.3, -0.25) is 0 Å². The Morgan fingerprint density at radius 2 is 0.812 bits per heavy atom. The first kappa shape index (κ1) is 31.3. The lowest BCUT2D eigenvalue weighted by atomic mass is 9.67. The molecule has 1 aromatic heterocycles. The van der Waals surface area contributed by atoms with Gasteiger partial charge in [0.25, 0.3) is 0 Å². The SMILES string of the molecule is [2H]c1c([2H])c([2H])c(C2(c3c([2H])c([2H])c([2H])c([2H])c3[2H])c3ccccc3-c3ccc(-c4ccc5c(c4)sc4cc(N(c6ccc7c(c6)-c6ccccc6C7(C)C)c6ccc7c(c6)C(C)(C)c6ccccc6-7)ccc45)cc32)c([2H])c1[2H]. The summed E-state index contributed by atoms with van der Waals surface area (Å²) in [7, 11) is 0. The molecule has 0 fully saturated rings. The minimum atomic E-state index is -1.93. The average molecular weight is 910 g/mol. The number of thiophene rings is 1. The van der Waals surface area contributed by atoms with E-state index in [2.05, 4.69) is 154 Å². The quantitative estimate of drug-likeness (QED) is 0.161. The van der Waals surface area contributed by atoms with E-state index in [1.165, 1.54) is 44.5 Å². The van der Waals surface area contributed by atoms with Gasteiger partial charge >= 0.3 is 0 Å². The van der Waals surface area contributed by atoms with Gasteiger partial charge in [-0.25, -0.2) is 0 Å².